The van der Waals surface area contributed by atoms with E-state index in [4.69, 9.17) is 14.2 Å². The maximum Gasteiger partial charge on any atom is 0.407 e. The van der Waals surface area contributed by atoms with Gasteiger partial charge in [-0.15, -0.1) is 0 Å². The molecule has 1 atom stereocenters. The lowest BCUT2D eigenvalue weighted by atomic mass is 9.77. The zero-order valence-corrected chi connectivity index (χ0v) is 29.8. The number of nitrogens with one attached hydrogen (secondary N) is 2. The van der Waals surface area contributed by atoms with Crippen LogP contribution in [0.4, 0.5) is 4.79 Å². The van der Waals surface area contributed by atoms with Crippen molar-refractivity contribution in [3.8, 4) is 16.9 Å². The Hall–Kier alpha value is -6.67. The topological polar surface area (TPSA) is 103 Å². The Bertz CT molecular complexity index is 2070. The maximum absolute atomic E-state index is 14.3. The average molecular weight is 717 g/mol. The molecule has 0 saturated heterocycles. The number of alkyl carbamates (subject to hydrolysis) is 1. The highest BCUT2D eigenvalue weighted by Crippen LogP contribution is 2.44. The molecule has 0 aromatic heterocycles. The van der Waals surface area contributed by atoms with E-state index in [0.717, 1.165) is 38.9 Å². The van der Waals surface area contributed by atoms with Crippen molar-refractivity contribution in [1.29, 1.82) is 0 Å². The van der Waals surface area contributed by atoms with Crippen molar-refractivity contribution in [2.75, 3.05) is 13.7 Å². The van der Waals surface area contributed by atoms with Crippen LogP contribution in [0.3, 0.4) is 0 Å². The summed E-state index contributed by atoms with van der Waals surface area (Å²) in [6, 6.07) is 50.8. The smallest absolute Gasteiger partial charge is 0.407 e. The van der Waals surface area contributed by atoms with Crippen LogP contribution < -0.4 is 15.4 Å². The first-order valence-electron chi connectivity index (χ1n) is 17.8. The lowest BCUT2D eigenvalue weighted by molar-refractivity contribution is -0.149. The van der Waals surface area contributed by atoms with Gasteiger partial charge in [-0.05, 0) is 56.6 Å². The second kappa shape index (κ2) is 16.3. The minimum Gasteiger partial charge on any atom is -0.497 e. The molecule has 6 aromatic carbocycles. The zero-order chi connectivity index (χ0) is 37.3. The molecule has 8 heteroatoms. The molecule has 7 rings (SSSR count). The molecule has 0 spiro atoms. The number of methoxy groups -OCH3 is 1. The van der Waals surface area contributed by atoms with Gasteiger partial charge in [0.2, 0.25) is 5.91 Å². The third-order valence-corrected chi connectivity index (χ3v) is 9.80. The van der Waals surface area contributed by atoms with Gasteiger partial charge in [-0.2, -0.15) is 0 Å². The Morgan fingerprint density at radius 2 is 1.09 bits per heavy atom. The highest BCUT2D eigenvalue weighted by Gasteiger charge is 2.39. The molecule has 0 radical (unpaired) electrons. The third kappa shape index (κ3) is 7.59. The summed E-state index contributed by atoms with van der Waals surface area (Å²) in [5.74, 6) is -0.790. The van der Waals surface area contributed by atoms with E-state index in [0.29, 0.717) is 11.3 Å². The van der Waals surface area contributed by atoms with Crippen LogP contribution in [0, 0.1) is 0 Å². The van der Waals surface area contributed by atoms with Crippen molar-refractivity contribution >= 4 is 18.0 Å². The van der Waals surface area contributed by atoms with Gasteiger partial charge in [0.25, 0.3) is 0 Å². The number of amides is 2. The van der Waals surface area contributed by atoms with Crippen LogP contribution in [-0.4, -0.2) is 37.7 Å². The first-order valence-corrected chi connectivity index (χ1v) is 17.8. The number of esters is 1. The molecule has 270 valence electrons. The predicted molar refractivity (Wildman–Crippen MR) is 207 cm³/mol. The molecule has 1 aliphatic carbocycles. The Labute approximate surface area is 314 Å². The minimum absolute atomic E-state index is 0.0405. The molecule has 8 nitrogen and oxygen atoms in total. The van der Waals surface area contributed by atoms with Crippen LogP contribution in [0.5, 0.6) is 5.75 Å². The molecule has 2 amide bonds. The molecule has 0 saturated carbocycles. The summed E-state index contributed by atoms with van der Waals surface area (Å²) >= 11 is 0. The van der Waals surface area contributed by atoms with E-state index in [1.807, 2.05) is 127 Å². The van der Waals surface area contributed by atoms with Crippen molar-refractivity contribution in [3.63, 3.8) is 0 Å². The van der Waals surface area contributed by atoms with Crippen LogP contribution in [0.25, 0.3) is 11.1 Å². The number of hydrogen-bond acceptors (Lipinski definition) is 6. The Morgan fingerprint density at radius 3 is 1.59 bits per heavy atom. The largest absolute Gasteiger partial charge is 0.497 e. The summed E-state index contributed by atoms with van der Waals surface area (Å²) in [4.78, 5) is 41.6. The van der Waals surface area contributed by atoms with E-state index in [1.165, 1.54) is 0 Å². The molecular formula is C46H40N2O6. The van der Waals surface area contributed by atoms with Gasteiger partial charge in [0, 0.05) is 5.92 Å². The molecule has 0 bridgehead atoms. The summed E-state index contributed by atoms with van der Waals surface area (Å²) < 4.78 is 16.7. The maximum atomic E-state index is 14.3. The van der Waals surface area contributed by atoms with Gasteiger partial charge < -0.3 is 24.8 Å². The van der Waals surface area contributed by atoms with Crippen LogP contribution in [0.1, 0.15) is 45.7 Å². The molecule has 6 aromatic rings. The van der Waals surface area contributed by atoms with Crippen molar-refractivity contribution in [3.05, 3.63) is 197 Å². The second-order valence-corrected chi connectivity index (χ2v) is 13.1. The predicted octanol–water partition coefficient (Wildman–Crippen LogP) is 8.14. The van der Waals surface area contributed by atoms with Gasteiger partial charge in [-0.3, -0.25) is 4.79 Å². The van der Waals surface area contributed by atoms with Gasteiger partial charge in [-0.25, -0.2) is 9.59 Å². The molecule has 0 fully saturated rings. The molecule has 0 aliphatic heterocycles. The highest BCUT2D eigenvalue weighted by atomic mass is 16.6. The van der Waals surface area contributed by atoms with Gasteiger partial charge in [0.15, 0.2) is 0 Å². The van der Waals surface area contributed by atoms with E-state index >= 15 is 0 Å². The zero-order valence-electron chi connectivity index (χ0n) is 29.8. The van der Waals surface area contributed by atoms with Gasteiger partial charge >= 0.3 is 12.1 Å². The Morgan fingerprint density at radius 1 is 0.611 bits per heavy atom. The lowest BCUT2D eigenvalue weighted by Gasteiger charge is -2.37. The van der Waals surface area contributed by atoms with Gasteiger partial charge in [0.1, 0.15) is 30.5 Å². The first kappa shape index (κ1) is 35.7. The number of hydrogen-bond donors (Lipinski definition) is 2. The molecule has 0 heterocycles. The number of rotatable bonds is 13. The standard InChI is InChI=1S/C46H40N2O6/c1-52-36-27-25-32(26-28-36)30-53-44(50)42(47-45(51)54-31-41-39-23-13-11-21-37(39)38-22-12-14-24-40(38)41)29-43(49)48-46(33-15-5-2-6-16-33,34-17-7-3-8-18-34)35-19-9-4-10-20-35/h2-28,41-42H,29-31H2,1H3,(H,47,51)(H,48,49)/t42-/m0/s1. The van der Waals surface area contributed by atoms with Crippen LogP contribution in [0.2, 0.25) is 0 Å². The molecule has 1 aliphatic rings. The fourth-order valence-electron chi connectivity index (χ4n) is 7.18. The average Bonchev–Trinajstić information content (AvgIpc) is 3.55. The number of benzene rings is 6. The number of carbonyl (C=O) groups is 3. The minimum atomic E-state index is -1.36. The van der Waals surface area contributed by atoms with Gasteiger partial charge in [-0.1, -0.05) is 152 Å². The normalized spacial score (nSPS) is 12.5. The van der Waals surface area contributed by atoms with Crippen molar-refractivity contribution in [2.45, 2.75) is 30.5 Å². The van der Waals surface area contributed by atoms with E-state index in [-0.39, 0.29) is 19.1 Å². The summed E-state index contributed by atoms with van der Waals surface area (Å²) in [5, 5.41) is 5.93. The fourth-order valence-corrected chi connectivity index (χ4v) is 7.18. The monoisotopic (exact) mass is 716 g/mol. The van der Waals surface area contributed by atoms with Crippen molar-refractivity contribution in [2.24, 2.45) is 0 Å². The summed E-state index contributed by atoms with van der Waals surface area (Å²) in [7, 11) is 1.57. The molecule has 2 N–H and O–H groups in total. The molecule has 0 unspecified atom stereocenters. The van der Waals surface area contributed by atoms with E-state index in [9.17, 15) is 14.4 Å². The van der Waals surface area contributed by atoms with Crippen molar-refractivity contribution < 1.29 is 28.6 Å². The second-order valence-electron chi connectivity index (χ2n) is 13.1. The third-order valence-electron chi connectivity index (χ3n) is 9.80. The van der Waals surface area contributed by atoms with E-state index in [1.54, 1.807) is 31.4 Å². The highest BCUT2D eigenvalue weighted by molar-refractivity contribution is 5.89. The molecular weight excluding hydrogens is 677 g/mol. The first-order chi connectivity index (χ1) is 26.5. The molecule has 54 heavy (non-hydrogen) atoms. The Kier molecular flexibility index (Phi) is 10.8. The van der Waals surface area contributed by atoms with E-state index in [2.05, 4.69) is 22.8 Å². The van der Waals surface area contributed by atoms with Crippen LogP contribution >= 0.6 is 0 Å². The fraction of sp³-hybridized carbons (Fsp3) is 0.152. The lowest BCUT2D eigenvalue weighted by Crippen LogP contribution is -2.51. The number of carbonyl (C=O) groups excluding carboxylic acids is 3. The summed E-state index contributed by atoms with van der Waals surface area (Å²) in [5.41, 5.74) is 6.35. The Balaban J connectivity index is 1.14. The summed E-state index contributed by atoms with van der Waals surface area (Å²) in [6.45, 7) is -0.0336. The van der Waals surface area contributed by atoms with Crippen LogP contribution in [-0.2, 0) is 31.2 Å². The van der Waals surface area contributed by atoms with E-state index < -0.39 is 36.0 Å². The number of ether oxygens (including phenoxy) is 3. The number of fused-ring (bicyclic) bond motifs is 3. The quantitative estimate of drug-likeness (QED) is 0.0925. The van der Waals surface area contributed by atoms with Crippen molar-refractivity contribution in [1.82, 2.24) is 10.6 Å². The summed E-state index contributed by atoms with van der Waals surface area (Å²) in [6.07, 6.45) is -1.25. The SMILES string of the molecule is COc1ccc(COC(=O)[C@H](CC(=O)NC(c2ccccc2)(c2ccccc2)c2ccccc2)NC(=O)OCC2c3ccccc3-c3ccccc32)cc1. The van der Waals surface area contributed by atoms with Gasteiger partial charge in [0.05, 0.1) is 13.5 Å². The van der Waals surface area contributed by atoms with Crippen LogP contribution in [0.15, 0.2) is 164 Å².